The molecule has 0 aromatic heterocycles. The number of carboxylic acid groups (broad SMARTS) is 1. The van der Waals surface area contributed by atoms with Crippen LogP contribution in [0, 0.1) is 0 Å². The minimum Gasteiger partial charge on any atom is -0.478 e. The summed E-state index contributed by atoms with van der Waals surface area (Å²) >= 11 is 0. The van der Waals surface area contributed by atoms with Gasteiger partial charge in [0.2, 0.25) is 0 Å². The molecule has 78 valence electrons. The maximum absolute atomic E-state index is 11.2. The first-order valence-electron chi connectivity index (χ1n) is 4.43. The molecular formula is C10H9NO4. The molecule has 2 N–H and O–H groups in total. The summed E-state index contributed by atoms with van der Waals surface area (Å²) in [6.07, 6.45) is 0. The molecule has 5 nitrogen and oxygen atoms in total. The van der Waals surface area contributed by atoms with E-state index in [0.29, 0.717) is 11.4 Å². The van der Waals surface area contributed by atoms with Crippen molar-refractivity contribution in [1.82, 2.24) is 0 Å². The molecule has 0 spiro atoms. The van der Waals surface area contributed by atoms with E-state index in [1.165, 1.54) is 18.2 Å². The highest BCUT2D eigenvalue weighted by Gasteiger charge is 2.24. The normalized spacial score (nSPS) is 18.7. The van der Waals surface area contributed by atoms with E-state index in [-0.39, 0.29) is 11.5 Å². The van der Waals surface area contributed by atoms with Crippen LogP contribution in [0.15, 0.2) is 18.2 Å². The molecule has 1 heterocycles. The first-order valence-corrected chi connectivity index (χ1v) is 4.43. The number of esters is 1. The van der Waals surface area contributed by atoms with Crippen molar-refractivity contribution in [3.05, 3.63) is 23.8 Å². The second-order valence-electron chi connectivity index (χ2n) is 3.30. The summed E-state index contributed by atoms with van der Waals surface area (Å²) in [6, 6.07) is 3.85. The zero-order chi connectivity index (χ0) is 11.0. The Morgan fingerprint density at radius 2 is 2.27 bits per heavy atom. The molecule has 0 aliphatic carbocycles. The van der Waals surface area contributed by atoms with Gasteiger partial charge in [-0.25, -0.2) is 9.59 Å². The molecule has 2 rings (SSSR count). The number of fused-ring (bicyclic) bond motifs is 1. The number of hydrogen-bond donors (Lipinski definition) is 2. The Morgan fingerprint density at radius 3 is 2.93 bits per heavy atom. The molecule has 0 amide bonds. The molecule has 1 atom stereocenters. The van der Waals surface area contributed by atoms with Gasteiger partial charge < -0.3 is 15.2 Å². The fraction of sp³-hybridized carbons (Fsp3) is 0.200. The third kappa shape index (κ3) is 1.63. The van der Waals surface area contributed by atoms with E-state index >= 15 is 0 Å². The van der Waals surface area contributed by atoms with E-state index in [0.717, 1.165) is 0 Å². The summed E-state index contributed by atoms with van der Waals surface area (Å²) in [5.41, 5.74) is 0.688. The van der Waals surface area contributed by atoms with Crippen molar-refractivity contribution in [2.75, 3.05) is 5.32 Å². The highest BCUT2D eigenvalue weighted by molar-refractivity contribution is 5.92. The van der Waals surface area contributed by atoms with Crippen LogP contribution in [-0.4, -0.2) is 23.1 Å². The summed E-state index contributed by atoms with van der Waals surface area (Å²) in [7, 11) is 0. The van der Waals surface area contributed by atoms with E-state index in [1.807, 2.05) is 0 Å². The Kier molecular flexibility index (Phi) is 2.07. The maximum atomic E-state index is 11.2. The van der Waals surface area contributed by atoms with Gasteiger partial charge in [0.25, 0.3) is 0 Å². The van der Waals surface area contributed by atoms with Gasteiger partial charge in [-0.2, -0.15) is 0 Å². The first-order chi connectivity index (χ1) is 7.08. The minimum absolute atomic E-state index is 0.159. The van der Waals surface area contributed by atoms with Crippen LogP contribution in [0.5, 0.6) is 5.75 Å². The van der Waals surface area contributed by atoms with Crippen LogP contribution in [-0.2, 0) is 4.79 Å². The van der Waals surface area contributed by atoms with Crippen LogP contribution in [0.1, 0.15) is 17.3 Å². The Bertz CT molecular complexity index is 441. The lowest BCUT2D eigenvalue weighted by Crippen LogP contribution is -2.34. The molecule has 0 saturated carbocycles. The number of rotatable bonds is 1. The third-order valence-electron chi connectivity index (χ3n) is 2.16. The number of carbonyl (C=O) groups is 2. The van der Waals surface area contributed by atoms with Crippen LogP contribution in [0.3, 0.4) is 0 Å². The zero-order valence-corrected chi connectivity index (χ0v) is 7.98. The summed E-state index contributed by atoms with van der Waals surface area (Å²) in [6.45, 7) is 1.65. The SMILES string of the molecule is CC1Nc2cc(C(=O)O)ccc2OC1=O. The first kappa shape index (κ1) is 9.51. The fourth-order valence-corrected chi connectivity index (χ4v) is 1.35. The zero-order valence-electron chi connectivity index (χ0n) is 7.98. The van der Waals surface area contributed by atoms with Crippen molar-refractivity contribution in [3.8, 4) is 5.75 Å². The molecule has 0 radical (unpaired) electrons. The number of benzene rings is 1. The summed E-state index contributed by atoms with van der Waals surface area (Å²) in [5, 5.41) is 11.6. The number of hydrogen-bond acceptors (Lipinski definition) is 4. The Morgan fingerprint density at radius 1 is 1.53 bits per heavy atom. The van der Waals surface area contributed by atoms with E-state index in [1.54, 1.807) is 6.92 Å². The monoisotopic (exact) mass is 207 g/mol. The van der Waals surface area contributed by atoms with Gasteiger partial charge >= 0.3 is 11.9 Å². The van der Waals surface area contributed by atoms with E-state index in [9.17, 15) is 9.59 Å². The standard InChI is InChI=1S/C10H9NO4/c1-5-10(14)15-8-3-2-6(9(12)13)4-7(8)11-5/h2-5,11H,1H3,(H,12,13). The van der Waals surface area contributed by atoms with E-state index < -0.39 is 12.0 Å². The van der Waals surface area contributed by atoms with Crippen molar-refractivity contribution in [2.45, 2.75) is 13.0 Å². The van der Waals surface area contributed by atoms with Gasteiger partial charge in [0.05, 0.1) is 11.3 Å². The molecule has 1 aromatic carbocycles. The molecule has 5 heteroatoms. The second kappa shape index (κ2) is 3.27. The number of ether oxygens (including phenoxy) is 1. The van der Waals surface area contributed by atoms with Crippen molar-refractivity contribution in [2.24, 2.45) is 0 Å². The van der Waals surface area contributed by atoms with Crippen molar-refractivity contribution in [3.63, 3.8) is 0 Å². The Balaban J connectivity index is 2.41. The van der Waals surface area contributed by atoms with Crippen molar-refractivity contribution < 1.29 is 19.4 Å². The Hall–Kier alpha value is -2.04. The third-order valence-corrected chi connectivity index (χ3v) is 2.16. The minimum atomic E-state index is -1.01. The highest BCUT2D eigenvalue weighted by Crippen LogP contribution is 2.30. The number of anilines is 1. The number of carbonyl (C=O) groups excluding carboxylic acids is 1. The quantitative estimate of drug-likeness (QED) is 0.532. The molecule has 1 aliphatic heterocycles. The maximum Gasteiger partial charge on any atom is 0.335 e. The molecule has 15 heavy (non-hydrogen) atoms. The van der Waals surface area contributed by atoms with Gasteiger partial charge in [-0.15, -0.1) is 0 Å². The highest BCUT2D eigenvalue weighted by atomic mass is 16.5. The van der Waals surface area contributed by atoms with Gasteiger partial charge in [0.1, 0.15) is 6.04 Å². The number of carboxylic acids is 1. The molecule has 0 saturated heterocycles. The number of nitrogens with one attached hydrogen (secondary N) is 1. The molecule has 0 fully saturated rings. The largest absolute Gasteiger partial charge is 0.478 e. The average Bonchev–Trinajstić information content (AvgIpc) is 2.19. The van der Waals surface area contributed by atoms with Gasteiger partial charge in [0.15, 0.2) is 5.75 Å². The van der Waals surface area contributed by atoms with Crippen LogP contribution >= 0.6 is 0 Å². The summed E-state index contributed by atoms with van der Waals surface area (Å²) < 4.78 is 4.98. The molecule has 1 unspecified atom stereocenters. The lowest BCUT2D eigenvalue weighted by Gasteiger charge is -2.22. The summed E-state index contributed by atoms with van der Waals surface area (Å²) in [4.78, 5) is 21.9. The van der Waals surface area contributed by atoms with Crippen LogP contribution < -0.4 is 10.1 Å². The smallest absolute Gasteiger partial charge is 0.335 e. The van der Waals surface area contributed by atoms with Gasteiger partial charge in [-0.05, 0) is 25.1 Å². The van der Waals surface area contributed by atoms with Gasteiger partial charge in [-0.3, -0.25) is 0 Å². The average molecular weight is 207 g/mol. The van der Waals surface area contributed by atoms with Crippen molar-refractivity contribution in [1.29, 1.82) is 0 Å². The van der Waals surface area contributed by atoms with Gasteiger partial charge in [0, 0.05) is 0 Å². The van der Waals surface area contributed by atoms with Crippen molar-refractivity contribution >= 4 is 17.6 Å². The summed E-state index contributed by atoms with van der Waals surface area (Å²) in [5.74, 6) is -1.02. The molecule has 0 bridgehead atoms. The lowest BCUT2D eigenvalue weighted by atomic mass is 10.1. The fourth-order valence-electron chi connectivity index (χ4n) is 1.35. The number of aromatic carboxylic acids is 1. The molecular weight excluding hydrogens is 198 g/mol. The van der Waals surface area contributed by atoms with Crippen LogP contribution in [0.25, 0.3) is 0 Å². The second-order valence-corrected chi connectivity index (χ2v) is 3.30. The lowest BCUT2D eigenvalue weighted by molar-refractivity contribution is -0.135. The molecule has 1 aromatic rings. The molecule has 1 aliphatic rings. The van der Waals surface area contributed by atoms with Gasteiger partial charge in [-0.1, -0.05) is 0 Å². The predicted octanol–water partition coefficient (Wildman–Crippen LogP) is 1.10. The van der Waals surface area contributed by atoms with Crippen LogP contribution in [0.4, 0.5) is 5.69 Å². The van der Waals surface area contributed by atoms with E-state index in [4.69, 9.17) is 9.84 Å². The van der Waals surface area contributed by atoms with E-state index in [2.05, 4.69) is 5.32 Å². The topological polar surface area (TPSA) is 75.6 Å². The Labute approximate surface area is 85.7 Å². The predicted molar refractivity (Wildman–Crippen MR) is 52.1 cm³/mol. The van der Waals surface area contributed by atoms with Crippen LogP contribution in [0.2, 0.25) is 0 Å².